The van der Waals surface area contributed by atoms with Crippen LogP contribution in [0.1, 0.15) is 15.9 Å². The number of carbonyl (C=O) groups excluding carboxylic acids is 1. The molecule has 102 valence electrons. The molecular weight excluding hydrogens is 286 g/mol. The van der Waals surface area contributed by atoms with Gasteiger partial charge in [0.1, 0.15) is 6.04 Å². The number of hydrogen-bond acceptors (Lipinski definition) is 3. The molecule has 0 radical (unpaired) electrons. The van der Waals surface area contributed by atoms with E-state index in [1.54, 1.807) is 36.9 Å². The zero-order chi connectivity index (χ0) is 14.0. The fraction of sp³-hybridized carbons (Fsp3) is 0.385. The van der Waals surface area contributed by atoms with Crippen LogP contribution >= 0.6 is 23.4 Å². The van der Waals surface area contributed by atoms with Gasteiger partial charge in [0.2, 0.25) is 0 Å². The maximum absolute atomic E-state index is 12.5. The Hall–Kier alpha value is -1.20. The second-order valence-corrected chi connectivity index (χ2v) is 5.97. The molecule has 1 aromatic carbocycles. The molecule has 1 aliphatic rings. The molecule has 0 saturated carbocycles. The highest BCUT2D eigenvalue weighted by Gasteiger charge is 2.33. The van der Waals surface area contributed by atoms with Crippen LogP contribution in [0.3, 0.4) is 0 Å². The van der Waals surface area contributed by atoms with E-state index in [0.29, 0.717) is 22.9 Å². The number of hydrogen-bond donors (Lipinski definition) is 1. The molecule has 1 atom stereocenters. The average molecular weight is 300 g/mol. The van der Waals surface area contributed by atoms with Crippen LogP contribution in [-0.2, 0) is 4.79 Å². The van der Waals surface area contributed by atoms with Crippen LogP contribution in [0.25, 0.3) is 0 Å². The van der Waals surface area contributed by atoms with Gasteiger partial charge in [-0.25, -0.2) is 4.79 Å². The minimum absolute atomic E-state index is 0.234. The van der Waals surface area contributed by atoms with Gasteiger partial charge in [0.15, 0.2) is 0 Å². The Balaban J connectivity index is 2.28. The highest BCUT2D eigenvalue weighted by Crippen LogP contribution is 2.22. The van der Waals surface area contributed by atoms with E-state index in [-0.39, 0.29) is 5.91 Å². The third kappa shape index (κ3) is 3.04. The summed E-state index contributed by atoms with van der Waals surface area (Å²) in [6, 6.07) is 4.27. The molecule has 1 heterocycles. The Morgan fingerprint density at radius 1 is 1.47 bits per heavy atom. The van der Waals surface area contributed by atoms with Crippen molar-refractivity contribution in [2.45, 2.75) is 13.0 Å². The zero-order valence-corrected chi connectivity index (χ0v) is 12.0. The Labute approximate surface area is 120 Å². The number of carbonyl (C=O) groups is 2. The molecule has 1 aromatic rings. The Morgan fingerprint density at radius 2 is 2.21 bits per heavy atom. The number of rotatable bonds is 2. The fourth-order valence-electron chi connectivity index (χ4n) is 2.07. The van der Waals surface area contributed by atoms with Gasteiger partial charge in [-0.1, -0.05) is 11.6 Å². The summed E-state index contributed by atoms with van der Waals surface area (Å²) in [6.45, 7) is 2.26. The molecule has 6 heteroatoms. The highest BCUT2D eigenvalue weighted by molar-refractivity contribution is 7.99. The number of amides is 1. The fourth-order valence-corrected chi connectivity index (χ4v) is 3.34. The van der Waals surface area contributed by atoms with Gasteiger partial charge in [-0.2, -0.15) is 11.8 Å². The molecule has 0 spiro atoms. The summed E-state index contributed by atoms with van der Waals surface area (Å²) in [5.74, 6) is 0.0182. The largest absolute Gasteiger partial charge is 0.480 e. The van der Waals surface area contributed by atoms with Crippen molar-refractivity contribution in [2.75, 3.05) is 18.1 Å². The van der Waals surface area contributed by atoms with Crippen LogP contribution in [0, 0.1) is 6.92 Å². The van der Waals surface area contributed by atoms with Gasteiger partial charge in [0, 0.05) is 28.6 Å². The van der Waals surface area contributed by atoms with Crippen molar-refractivity contribution < 1.29 is 14.7 Å². The normalized spacial score (nSPS) is 19.3. The van der Waals surface area contributed by atoms with Crippen LogP contribution in [0.15, 0.2) is 18.2 Å². The van der Waals surface area contributed by atoms with E-state index in [0.717, 1.165) is 11.3 Å². The Morgan fingerprint density at radius 3 is 2.84 bits per heavy atom. The van der Waals surface area contributed by atoms with Gasteiger partial charge in [-0.15, -0.1) is 0 Å². The van der Waals surface area contributed by atoms with Gasteiger partial charge >= 0.3 is 5.97 Å². The van der Waals surface area contributed by atoms with Crippen molar-refractivity contribution in [3.8, 4) is 0 Å². The molecule has 1 saturated heterocycles. The monoisotopic (exact) mass is 299 g/mol. The Kier molecular flexibility index (Phi) is 4.37. The molecule has 0 aromatic heterocycles. The molecule has 1 fully saturated rings. The number of aryl methyl sites for hydroxylation is 1. The van der Waals surface area contributed by atoms with Gasteiger partial charge in [0.25, 0.3) is 5.91 Å². The van der Waals surface area contributed by atoms with Crippen molar-refractivity contribution in [1.82, 2.24) is 4.90 Å². The van der Waals surface area contributed by atoms with E-state index in [9.17, 15) is 14.7 Å². The molecular formula is C13H14ClNO3S. The molecule has 0 bridgehead atoms. The highest BCUT2D eigenvalue weighted by atomic mass is 35.5. The maximum Gasteiger partial charge on any atom is 0.327 e. The first-order valence-corrected chi connectivity index (χ1v) is 7.41. The molecule has 0 aliphatic carbocycles. The number of thioether (sulfide) groups is 1. The molecule has 1 unspecified atom stereocenters. The van der Waals surface area contributed by atoms with Crippen molar-refractivity contribution in [3.63, 3.8) is 0 Å². The quantitative estimate of drug-likeness (QED) is 0.910. The molecule has 2 rings (SSSR count). The first-order chi connectivity index (χ1) is 9.00. The lowest BCUT2D eigenvalue weighted by Crippen LogP contribution is -2.50. The zero-order valence-electron chi connectivity index (χ0n) is 10.4. The summed E-state index contributed by atoms with van der Waals surface area (Å²) in [7, 11) is 0. The Bertz CT molecular complexity index is 521. The van der Waals surface area contributed by atoms with Crippen molar-refractivity contribution in [2.24, 2.45) is 0 Å². The van der Waals surface area contributed by atoms with E-state index in [1.165, 1.54) is 4.90 Å². The van der Waals surface area contributed by atoms with Gasteiger partial charge in [-0.3, -0.25) is 4.79 Å². The van der Waals surface area contributed by atoms with Gasteiger partial charge in [-0.05, 0) is 30.7 Å². The summed E-state index contributed by atoms with van der Waals surface area (Å²) in [5, 5.41) is 9.76. The SMILES string of the molecule is Cc1cc(Cl)ccc1C(=O)N1CCSCC1C(=O)O. The predicted octanol–water partition coefficient (Wildman–Crippen LogP) is 2.29. The van der Waals surface area contributed by atoms with Crippen LogP contribution in [0.4, 0.5) is 0 Å². The van der Waals surface area contributed by atoms with E-state index in [2.05, 4.69) is 0 Å². The lowest BCUT2D eigenvalue weighted by atomic mass is 10.1. The lowest BCUT2D eigenvalue weighted by Gasteiger charge is -2.33. The smallest absolute Gasteiger partial charge is 0.327 e. The molecule has 1 N–H and O–H groups in total. The van der Waals surface area contributed by atoms with Gasteiger partial charge in [0.05, 0.1) is 0 Å². The predicted molar refractivity (Wildman–Crippen MR) is 76.0 cm³/mol. The minimum Gasteiger partial charge on any atom is -0.480 e. The minimum atomic E-state index is -0.952. The molecule has 19 heavy (non-hydrogen) atoms. The summed E-state index contributed by atoms with van der Waals surface area (Å²) in [6.07, 6.45) is 0. The lowest BCUT2D eigenvalue weighted by molar-refractivity contribution is -0.141. The standard InChI is InChI=1S/C13H14ClNO3S/c1-8-6-9(14)2-3-10(8)12(16)15-4-5-19-7-11(15)13(17)18/h2-3,6,11H,4-5,7H2,1H3,(H,17,18). The van der Waals surface area contributed by atoms with Crippen molar-refractivity contribution in [1.29, 1.82) is 0 Å². The molecule has 1 aliphatic heterocycles. The number of carboxylic acid groups (broad SMARTS) is 1. The summed E-state index contributed by atoms with van der Waals surface area (Å²) in [5.41, 5.74) is 1.28. The molecule has 1 amide bonds. The maximum atomic E-state index is 12.5. The van der Waals surface area contributed by atoms with E-state index < -0.39 is 12.0 Å². The number of halogens is 1. The van der Waals surface area contributed by atoms with Crippen molar-refractivity contribution in [3.05, 3.63) is 34.3 Å². The second kappa shape index (κ2) is 5.84. The van der Waals surface area contributed by atoms with Crippen molar-refractivity contribution >= 4 is 35.2 Å². The summed E-state index contributed by atoms with van der Waals surface area (Å²) >= 11 is 7.42. The van der Waals surface area contributed by atoms with Crippen LogP contribution in [-0.4, -0.2) is 46.0 Å². The van der Waals surface area contributed by atoms with E-state index >= 15 is 0 Å². The number of aliphatic carboxylic acids is 1. The number of carboxylic acids is 1. The first-order valence-electron chi connectivity index (χ1n) is 5.88. The second-order valence-electron chi connectivity index (χ2n) is 4.39. The first kappa shape index (κ1) is 14.2. The van der Waals surface area contributed by atoms with E-state index in [4.69, 9.17) is 11.6 Å². The van der Waals surface area contributed by atoms with Crippen LogP contribution in [0.5, 0.6) is 0 Å². The van der Waals surface area contributed by atoms with E-state index in [1.807, 2.05) is 0 Å². The topological polar surface area (TPSA) is 57.6 Å². The molecule has 4 nitrogen and oxygen atoms in total. The summed E-state index contributed by atoms with van der Waals surface area (Å²) in [4.78, 5) is 25.1. The number of nitrogens with zero attached hydrogens (tertiary/aromatic N) is 1. The van der Waals surface area contributed by atoms with Crippen LogP contribution < -0.4 is 0 Å². The average Bonchev–Trinajstić information content (AvgIpc) is 2.38. The van der Waals surface area contributed by atoms with Gasteiger partial charge < -0.3 is 10.0 Å². The third-order valence-corrected chi connectivity index (χ3v) is 4.35. The number of benzene rings is 1. The summed E-state index contributed by atoms with van der Waals surface area (Å²) < 4.78 is 0. The van der Waals surface area contributed by atoms with Crippen LogP contribution in [0.2, 0.25) is 5.02 Å². The third-order valence-electron chi connectivity index (χ3n) is 3.09.